The second-order valence-corrected chi connectivity index (χ2v) is 7.35. The number of esters is 1. The Morgan fingerprint density at radius 1 is 1.31 bits per heavy atom. The molecule has 7 heteroatoms. The Labute approximate surface area is 157 Å². The third kappa shape index (κ3) is 3.37. The first-order valence-electron chi connectivity index (χ1n) is 8.52. The van der Waals surface area contributed by atoms with Gasteiger partial charge in [-0.3, -0.25) is 9.59 Å². The number of carbonyl (C=O) groups excluding carboxylic acids is 2. The van der Waals surface area contributed by atoms with Crippen LogP contribution in [0.25, 0.3) is 5.57 Å². The summed E-state index contributed by atoms with van der Waals surface area (Å²) in [7, 11) is 1.48. The fourth-order valence-corrected chi connectivity index (χ4v) is 3.03. The summed E-state index contributed by atoms with van der Waals surface area (Å²) >= 11 is 6.31. The van der Waals surface area contributed by atoms with E-state index in [2.05, 4.69) is 0 Å². The van der Waals surface area contributed by atoms with Crippen molar-refractivity contribution in [2.24, 2.45) is 5.92 Å². The zero-order valence-corrected chi connectivity index (χ0v) is 16.0. The minimum atomic E-state index is -0.997. The van der Waals surface area contributed by atoms with Crippen molar-refractivity contribution in [2.45, 2.75) is 45.4 Å². The van der Waals surface area contributed by atoms with E-state index in [1.165, 1.54) is 12.2 Å². The van der Waals surface area contributed by atoms with Gasteiger partial charge < -0.3 is 9.47 Å². The van der Waals surface area contributed by atoms with Crippen molar-refractivity contribution in [1.82, 2.24) is 5.06 Å². The molecule has 1 amide bonds. The van der Waals surface area contributed by atoms with Gasteiger partial charge in [0.15, 0.2) is 6.29 Å². The number of halogens is 1. The minimum absolute atomic E-state index is 0.103. The van der Waals surface area contributed by atoms with Gasteiger partial charge in [0.1, 0.15) is 11.3 Å². The lowest BCUT2D eigenvalue weighted by Crippen LogP contribution is -2.46. The zero-order chi connectivity index (χ0) is 19.1. The number of amides is 1. The third-order valence-corrected chi connectivity index (χ3v) is 4.86. The summed E-state index contributed by atoms with van der Waals surface area (Å²) < 4.78 is 10.8. The first kappa shape index (κ1) is 18.9. The van der Waals surface area contributed by atoms with Gasteiger partial charge in [-0.2, -0.15) is 0 Å². The van der Waals surface area contributed by atoms with E-state index in [1.807, 2.05) is 0 Å². The van der Waals surface area contributed by atoms with Crippen LogP contribution in [0.3, 0.4) is 0 Å². The molecule has 140 valence electrons. The number of rotatable bonds is 6. The predicted molar refractivity (Wildman–Crippen MR) is 95.7 cm³/mol. The fourth-order valence-electron chi connectivity index (χ4n) is 2.80. The molecule has 0 spiro atoms. The van der Waals surface area contributed by atoms with Gasteiger partial charge in [0, 0.05) is 17.7 Å². The van der Waals surface area contributed by atoms with Crippen LogP contribution in [-0.4, -0.2) is 35.9 Å². The van der Waals surface area contributed by atoms with E-state index < -0.39 is 17.7 Å². The molecular formula is C19H22ClNO5. The van der Waals surface area contributed by atoms with Gasteiger partial charge in [-0.25, -0.2) is 9.90 Å². The van der Waals surface area contributed by atoms with Gasteiger partial charge in [-0.1, -0.05) is 29.8 Å². The molecule has 2 aliphatic rings. The van der Waals surface area contributed by atoms with Gasteiger partial charge >= 0.3 is 5.97 Å². The van der Waals surface area contributed by atoms with E-state index in [9.17, 15) is 9.59 Å². The van der Waals surface area contributed by atoms with Crippen molar-refractivity contribution in [1.29, 1.82) is 0 Å². The van der Waals surface area contributed by atoms with Crippen LogP contribution in [0.15, 0.2) is 30.0 Å². The van der Waals surface area contributed by atoms with E-state index in [-0.39, 0.29) is 23.2 Å². The normalized spacial score (nSPS) is 20.5. The maximum atomic E-state index is 13.1. The number of nitrogens with zero attached hydrogens (tertiary/aromatic N) is 1. The molecule has 0 saturated heterocycles. The van der Waals surface area contributed by atoms with Crippen molar-refractivity contribution >= 4 is 29.1 Å². The second-order valence-electron chi connectivity index (χ2n) is 6.95. The highest BCUT2D eigenvalue weighted by atomic mass is 35.5. The molecule has 26 heavy (non-hydrogen) atoms. The first-order chi connectivity index (χ1) is 12.3. The van der Waals surface area contributed by atoms with Crippen LogP contribution >= 0.6 is 11.6 Å². The second kappa shape index (κ2) is 7.02. The highest BCUT2D eigenvalue weighted by Crippen LogP contribution is 2.44. The standard InChI is InChI=1S/C19H22ClNO5/c1-11(24-4)26-21-17(22)15(13-7-5-6-8-14(13)20)16(19(21,2)3)25-18(23)12-9-10-12/h5-8,11-12H,9-10H2,1-4H3. The number of hydrogen-bond donors (Lipinski definition) is 0. The lowest BCUT2D eigenvalue weighted by atomic mass is 9.99. The largest absolute Gasteiger partial charge is 0.427 e. The van der Waals surface area contributed by atoms with Crippen LogP contribution in [0.1, 0.15) is 39.2 Å². The molecule has 1 saturated carbocycles. The Hall–Kier alpha value is -1.89. The number of methoxy groups -OCH3 is 1. The molecule has 1 unspecified atom stereocenters. The SMILES string of the molecule is COC(C)ON1C(=O)C(c2ccccc2Cl)=C(OC(=O)C2CC2)C1(C)C. The number of carbonyl (C=O) groups is 2. The van der Waals surface area contributed by atoms with Crippen molar-refractivity contribution in [2.75, 3.05) is 7.11 Å². The van der Waals surface area contributed by atoms with Gasteiger partial charge in [-0.05, 0) is 39.7 Å². The van der Waals surface area contributed by atoms with Crippen LogP contribution in [0.5, 0.6) is 0 Å². The molecule has 0 aromatic heterocycles. The molecule has 6 nitrogen and oxygen atoms in total. The lowest BCUT2D eigenvalue weighted by molar-refractivity contribution is -0.276. The molecule has 1 heterocycles. The van der Waals surface area contributed by atoms with Gasteiger partial charge in [0.25, 0.3) is 5.91 Å². The molecule has 0 N–H and O–H groups in total. The predicted octanol–water partition coefficient (Wildman–Crippen LogP) is 3.55. The van der Waals surface area contributed by atoms with Gasteiger partial charge in [0.05, 0.1) is 11.5 Å². The van der Waals surface area contributed by atoms with Crippen molar-refractivity contribution in [3.8, 4) is 0 Å². The smallest absolute Gasteiger partial charge is 0.314 e. The zero-order valence-electron chi connectivity index (χ0n) is 15.2. The Balaban J connectivity index is 2.07. The van der Waals surface area contributed by atoms with E-state index >= 15 is 0 Å². The Kier molecular flexibility index (Phi) is 5.10. The molecule has 1 aliphatic carbocycles. The lowest BCUT2D eigenvalue weighted by Gasteiger charge is -2.33. The summed E-state index contributed by atoms with van der Waals surface area (Å²) in [5.74, 6) is -0.609. The Bertz CT molecular complexity index is 769. The monoisotopic (exact) mass is 379 g/mol. The topological polar surface area (TPSA) is 65.1 Å². The molecule has 1 aromatic carbocycles. The van der Waals surface area contributed by atoms with Crippen LogP contribution in [-0.2, 0) is 23.9 Å². The molecule has 1 aromatic rings. The summed E-state index contributed by atoms with van der Waals surface area (Å²) in [5, 5.41) is 1.59. The maximum absolute atomic E-state index is 13.1. The van der Waals surface area contributed by atoms with Crippen molar-refractivity contribution in [3.63, 3.8) is 0 Å². The molecular weight excluding hydrogens is 358 g/mol. The summed E-state index contributed by atoms with van der Waals surface area (Å²) in [5.41, 5.74) is -0.261. The molecule has 0 bridgehead atoms. The third-order valence-electron chi connectivity index (χ3n) is 4.53. The van der Waals surface area contributed by atoms with Gasteiger partial charge in [0.2, 0.25) is 0 Å². The van der Waals surface area contributed by atoms with E-state index in [0.29, 0.717) is 10.6 Å². The highest BCUT2D eigenvalue weighted by Gasteiger charge is 2.51. The Morgan fingerprint density at radius 2 is 1.96 bits per heavy atom. The molecule has 1 fully saturated rings. The average Bonchev–Trinajstić information content (AvgIpc) is 3.42. The van der Waals surface area contributed by atoms with Crippen LogP contribution in [0, 0.1) is 5.92 Å². The highest BCUT2D eigenvalue weighted by molar-refractivity contribution is 6.35. The maximum Gasteiger partial charge on any atom is 0.314 e. The fraction of sp³-hybridized carbons (Fsp3) is 0.474. The summed E-state index contributed by atoms with van der Waals surface area (Å²) in [6.07, 6.45) is 0.968. The molecule has 1 aliphatic heterocycles. The van der Waals surface area contributed by atoms with E-state index in [4.69, 9.17) is 25.9 Å². The first-order valence-corrected chi connectivity index (χ1v) is 8.90. The quantitative estimate of drug-likeness (QED) is 0.558. The number of hydrogen-bond acceptors (Lipinski definition) is 5. The van der Waals surface area contributed by atoms with Crippen LogP contribution < -0.4 is 0 Å². The van der Waals surface area contributed by atoms with Crippen LogP contribution in [0.4, 0.5) is 0 Å². The molecule has 0 radical (unpaired) electrons. The van der Waals surface area contributed by atoms with E-state index in [0.717, 1.165) is 12.8 Å². The number of benzene rings is 1. The minimum Gasteiger partial charge on any atom is -0.427 e. The van der Waals surface area contributed by atoms with Gasteiger partial charge in [-0.15, -0.1) is 0 Å². The van der Waals surface area contributed by atoms with Crippen LogP contribution in [0.2, 0.25) is 5.02 Å². The van der Waals surface area contributed by atoms with E-state index in [1.54, 1.807) is 45.0 Å². The summed E-state index contributed by atoms with van der Waals surface area (Å²) in [6, 6.07) is 6.95. The molecule has 1 atom stereocenters. The average molecular weight is 380 g/mol. The summed E-state index contributed by atoms with van der Waals surface area (Å²) in [4.78, 5) is 31.1. The number of hydroxylamine groups is 2. The van der Waals surface area contributed by atoms with Crippen molar-refractivity contribution in [3.05, 3.63) is 40.6 Å². The summed E-state index contributed by atoms with van der Waals surface area (Å²) in [6.45, 7) is 5.19. The number of ether oxygens (including phenoxy) is 2. The molecule has 3 rings (SSSR count). The van der Waals surface area contributed by atoms with Crippen molar-refractivity contribution < 1.29 is 23.9 Å². The Morgan fingerprint density at radius 3 is 2.54 bits per heavy atom.